The van der Waals surface area contributed by atoms with Crippen molar-refractivity contribution in [3.8, 4) is 5.75 Å². The highest BCUT2D eigenvalue weighted by atomic mass is 16.5. The molecular weight excluding hydrogens is 404 g/mol. The number of hydrogen-bond donors (Lipinski definition) is 2. The number of ether oxygens (including phenoxy) is 1. The Hall–Kier alpha value is -2.90. The van der Waals surface area contributed by atoms with E-state index in [1.807, 2.05) is 55.5 Å². The Morgan fingerprint density at radius 3 is 2.44 bits per heavy atom. The smallest absolute Gasteiger partial charge is 0.246 e. The number of methoxy groups -OCH3 is 1. The summed E-state index contributed by atoms with van der Waals surface area (Å²) in [4.78, 5) is 30.0. The van der Waals surface area contributed by atoms with Gasteiger partial charge >= 0.3 is 0 Å². The zero-order valence-electron chi connectivity index (χ0n) is 18.8. The van der Waals surface area contributed by atoms with Crippen LogP contribution in [-0.4, -0.2) is 67.5 Å². The summed E-state index contributed by atoms with van der Waals surface area (Å²) in [5, 5.41) is 6.14. The van der Waals surface area contributed by atoms with Gasteiger partial charge in [-0.1, -0.05) is 36.4 Å². The summed E-state index contributed by atoms with van der Waals surface area (Å²) in [6, 6.07) is 15.6. The number of nitrogens with zero attached hydrogens (tertiary/aromatic N) is 2. The second-order valence-electron chi connectivity index (χ2n) is 8.66. The van der Waals surface area contributed by atoms with Gasteiger partial charge in [-0.05, 0) is 43.0 Å². The predicted octanol–water partition coefficient (Wildman–Crippen LogP) is 2.58. The van der Waals surface area contributed by atoms with Crippen molar-refractivity contribution in [2.24, 2.45) is 0 Å². The maximum Gasteiger partial charge on any atom is 0.246 e. The van der Waals surface area contributed by atoms with Gasteiger partial charge < -0.3 is 15.4 Å². The van der Waals surface area contributed by atoms with Crippen molar-refractivity contribution in [1.29, 1.82) is 0 Å². The Labute approximate surface area is 189 Å². The minimum atomic E-state index is -0.413. The SMILES string of the molecule is COc1ccc(C)cc1NC(=O)[C@@H](c1ccccc1)N1CCN(CC(=O)NC2CC2)CC1. The van der Waals surface area contributed by atoms with Crippen LogP contribution in [0.1, 0.15) is 30.0 Å². The second kappa shape index (κ2) is 10.1. The van der Waals surface area contributed by atoms with Crippen LogP contribution >= 0.6 is 0 Å². The number of piperazine rings is 1. The maximum absolute atomic E-state index is 13.5. The molecular formula is C25H32N4O3. The lowest BCUT2D eigenvalue weighted by molar-refractivity contribution is -0.125. The molecule has 1 aliphatic carbocycles. The van der Waals surface area contributed by atoms with Gasteiger partial charge in [-0.3, -0.25) is 19.4 Å². The van der Waals surface area contributed by atoms with Gasteiger partial charge in [0.1, 0.15) is 11.8 Å². The van der Waals surface area contributed by atoms with E-state index >= 15 is 0 Å². The molecule has 2 amide bonds. The monoisotopic (exact) mass is 436 g/mol. The van der Waals surface area contributed by atoms with Crippen LogP contribution in [0, 0.1) is 6.92 Å². The van der Waals surface area contributed by atoms with Crippen LogP contribution in [0.15, 0.2) is 48.5 Å². The summed E-state index contributed by atoms with van der Waals surface area (Å²) in [5.41, 5.74) is 2.68. The zero-order chi connectivity index (χ0) is 22.5. The van der Waals surface area contributed by atoms with Gasteiger partial charge in [0.05, 0.1) is 19.3 Å². The van der Waals surface area contributed by atoms with Crippen LogP contribution in [0.5, 0.6) is 5.75 Å². The molecule has 7 heteroatoms. The predicted molar refractivity (Wildman–Crippen MR) is 125 cm³/mol. The number of anilines is 1. The van der Waals surface area contributed by atoms with E-state index in [4.69, 9.17) is 4.74 Å². The molecule has 2 aromatic carbocycles. The summed E-state index contributed by atoms with van der Waals surface area (Å²) < 4.78 is 5.44. The van der Waals surface area contributed by atoms with Crippen LogP contribution < -0.4 is 15.4 Å². The Bertz CT molecular complexity index is 937. The fraction of sp³-hybridized carbons (Fsp3) is 0.440. The van der Waals surface area contributed by atoms with Gasteiger partial charge in [0, 0.05) is 32.2 Å². The highest BCUT2D eigenvalue weighted by Gasteiger charge is 2.32. The molecule has 2 fully saturated rings. The van der Waals surface area contributed by atoms with Crippen molar-refractivity contribution in [2.75, 3.05) is 45.2 Å². The molecule has 2 N–H and O–H groups in total. The summed E-state index contributed by atoms with van der Waals surface area (Å²) in [6.45, 7) is 5.35. The Balaban J connectivity index is 1.45. The van der Waals surface area contributed by atoms with Crippen LogP contribution in [0.2, 0.25) is 0 Å². The Kier molecular flexibility index (Phi) is 7.07. The fourth-order valence-corrected chi connectivity index (χ4v) is 4.17. The molecule has 0 unspecified atom stereocenters. The van der Waals surface area contributed by atoms with E-state index in [1.165, 1.54) is 0 Å². The molecule has 1 aliphatic heterocycles. The highest BCUT2D eigenvalue weighted by Crippen LogP contribution is 2.29. The molecule has 0 bridgehead atoms. The Morgan fingerprint density at radius 2 is 1.78 bits per heavy atom. The van der Waals surface area contributed by atoms with Gasteiger partial charge in [0.25, 0.3) is 0 Å². The zero-order valence-corrected chi connectivity index (χ0v) is 18.8. The van der Waals surface area contributed by atoms with Crippen LogP contribution in [0.4, 0.5) is 5.69 Å². The van der Waals surface area contributed by atoms with Crippen molar-refractivity contribution < 1.29 is 14.3 Å². The first-order valence-corrected chi connectivity index (χ1v) is 11.3. The maximum atomic E-state index is 13.5. The van der Waals surface area contributed by atoms with Crippen molar-refractivity contribution in [2.45, 2.75) is 31.8 Å². The van der Waals surface area contributed by atoms with Crippen LogP contribution in [0.25, 0.3) is 0 Å². The van der Waals surface area contributed by atoms with E-state index in [2.05, 4.69) is 20.4 Å². The Morgan fingerprint density at radius 1 is 1.06 bits per heavy atom. The highest BCUT2D eigenvalue weighted by molar-refractivity contribution is 5.96. The standard InChI is InChI=1S/C25H32N4O3/c1-18-8-11-22(32-2)21(16-18)27-25(31)24(19-6-4-3-5-7-19)29-14-12-28(13-15-29)17-23(30)26-20-9-10-20/h3-8,11,16,20,24H,9-10,12-15,17H2,1-2H3,(H,26,30)(H,27,31)/t24-/m1/s1. The molecule has 0 aromatic heterocycles. The quantitative estimate of drug-likeness (QED) is 0.665. The van der Waals surface area contributed by atoms with E-state index in [0.29, 0.717) is 37.1 Å². The first-order chi connectivity index (χ1) is 15.5. The first-order valence-electron chi connectivity index (χ1n) is 11.3. The van der Waals surface area contributed by atoms with Crippen molar-refractivity contribution in [3.63, 3.8) is 0 Å². The van der Waals surface area contributed by atoms with E-state index in [-0.39, 0.29) is 11.8 Å². The summed E-state index contributed by atoms with van der Waals surface area (Å²) in [6.07, 6.45) is 2.19. The molecule has 1 heterocycles. The van der Waals surface area contributed by atoms with Gasteiger partial charge in [-0.15, -0.1) is 0 Å². The number of amides is 2. The van der Waals surface area contributed by atoms with Crippen LogP contribution in [0.3, 0.4) is 0 Å². The normalized spacial score (nSPS) is 18.1. The van der Waals surface area contributed by atoms with Gasteiger partial charge in [-0.25, -0.2) is 0 Å². The van der Waals surface area contributed by atoms with E-state index < -0.39 is 6.04 Å². The van der Waals surface area contributed by atoms with Gasteiger partial charge in [-0.2, -0.15) is 0 Å². The van der Waals surface area contributed by atoms with E-state index in [0.717, 1.165) is 37.1 Å². The number of aryl methyl sites for hydroxylation is 1. The van der Waals surface area contributed by atoms with Gasteiger partial charge in [0.2, 0.25) is 11.8 Å². The van der Waals surface area contributed by atoms with Gasteiger partial charge in [0.15, 0.2) is 0 Å². The molecule has 1 saturated carbocycles. The van der Waals surface area contributed by atoms with Crippen molar-refractivity contribution in [3.05, 3.63) is 59.7 Å². The number of rotatable bonds is 8. The largest absolute Gasteiger partial charge is 0.495 e. The van der Waals surface area contributed by atoms with E-state index in [9.17, 15) is 9.59 Å². The average Bonchev–Trinajstić information content (AvgIpc) is 3.60. The molecule has 170 valence electrons. The van der Waals surface area contributed by atoms with Crippen LogP contribution in [-0.2, 0) is 9.59 Å². The number of carbonyl (C=O) groups is 2. The minimum Gasteiger partial charge on any atom is -0.495 e. The third kappa shape index (κ3) is 5.66. The average molecular weight is 437 g/mol. The topological polar surface area (TPSA) is 73.9 Å². The number of nitrogens with one attached hydrogen (secondary N) is 2. The molecule has 0 radical (unpaired) electrons. The molecule has 0 spiro atoms. The lowest BCUT2D eigenvalue weighted by atomic mass is 10.0. The van der Waals surface area contributed by atoms with Crippen molar-refractivity contribution in [1.82, 2.24) is 15.1 Å². The molecule has 4 rings (SSSR count). The second-order valence-corrected chi connectivity index (χ2v) is 8.66. The summed E-state index contributed by atoms with van der Waals surface area (Å²) >= 11 is 0. The molecule has 2 aliphatic rings. The minimum absolute atomic E-state index is 0.0833. The molecule has 1 atom stereocenters. The third-order valence-corrected chi connectivity index (χ3v) is 6.06. The molecule has 2 aromatic rings. The van der Waals surface area contributed by atoms with Crippen molar-refractivity contribution >= 4 is 17.5 Å². The summed E-state index contributed by atoms with van der Waals surface area (Å²) in [7, 11) is 1.60. The first kappa shape index (κ1) is 22.3. The lowest BCUT2D eigenvalue weighted by Crippen LogP contribution is -2.52. The molecule has 1 saturated heterocycles. The third-order valence-electron chi connectivity index (χ3n) is 6.06. The fourth-order valence-electron chi connectivity index (χ4n) is 4.17. The summed E-state index contributed by atoms with van der Waals surface area (Å²) in [5.74, 6) is 0.659. The number of hydrogen-bond acceptors (Lipinski definition) is 5. The molecule has 32 heavy (non-hydrogen) atoms. The lowest BCUT2D eigenvalue weighted by Gasteiger charge is -2.38. The van der Waals surface area contributed by atoms with E-state index in [1.54, 1.807) is 7.11 Å². The number of benzene rings is 2. The molecule has 7 nitrogen and oxygen atoms in total. The number of carbonyl (C=O) groups excluding carboxylic acids is 2.